The fourth-order valence-electron chi connectivity index (χ4n) is 2.30. The first-order chi connectivity index (χ1) is 10.1. The lowest BCUT2D eigenvalue weighted by Crippen LogP contribution is -2.36. The van der Waals surface area contributed by atoms with Crippen molar-refractivity contribution in [1.82, 2.24) is 9.88 Å². The Bertz CT molecular complexity index is 709. The molecule has 1 aromatic heterocycles. The number of hydrogen-bond acceptors (Lipinski definition) is 5. The van der Waals surface area contributed by atoms with Gasteiger partial charge in [-0.2, -0.15) is 0 Å². The third kappa shape index (κ3) is 2.92. The number of aromatic nitrogens is 1. The van der Waals surface area contributed by atoms with Gasteiger partial charge in [0.15, 0.2) is 5.58 Å². The Morgan fingerprint density at radius 3 is 2.95 bits per heavy atom. The van der Waals surface area contributed by atoms with Crippen LogP contribution in [-0.4, -0.2) is 38.3 Å². The highest BCUT2D eigenvalue weighted by Gasteiger charge is 2.32. The molecule has 1 saturated carbocycles. The van der Waals surface area contributed by atoms with Gasteiger partial charge >= 0.3 is 0 Å². The molecule has 6 nitrogen and oxygen atoms in total. The van der Waals surface area contributed by atoms with Crippen molar-refractivity contribution in [3.8, 4) is 0 Å². The van der Waals surface area contributed by atoms with Gasteiger partial charge in [0.2, 0.25) is 5.91 Å². The fraction of sp³-hybridized carbons (Fsp3) is 0.429. The normalized spacial score (nSPS) is 16.0. The summed E-state index contributed by atoms with van der Waals surface area (Å²) in [6, 6.07) is 5.35. The molecule has 3 rings (SSSR count). The Morgan fingerprint density at radius 2 is 2.29 bits per heavy atom. The van der Waals surface area contributed by atoms with Crippen LogP contribution in [0.2, 0.25) is 0 Å². The monoisotopic (exact) mass is 307 g/mol. The highest BCUT2D eigenvalue weighted by atomic mass is 32.2. The van der Waals surface area contributed by atoms with Crippen LogP contribution < -0.4 is 5.73 Å². The average molecular weight is 307 g/mol. The lowest BCUT2D eigenvalue weighted by molar-refractivity contribution is -0.128. The van der Waals surface area contributed by atoms with E-state index in [1.807, 2.05) is 6.92 Å². The van der Waals surface area contributed by atoms with Gasteiger partial charge in [0.05, 0.1) is 0 Å². The predicted molar refractivity (Wildman–Crippen MR) is 80.1 cm³/mol. The molecule has 1 fully saturated rings. The topological polar surface area (TPSA) is 89.4 Å². The van der Waals surface area contributed by atoms with Crippen molar-refractivity contribution in [2.24, 2.45) is 0 Å². The smallest absolute Gasteiger partial charge is 0.288 e. The van der Waals surface area contributed by atoms with Crippen LogP contribution in [0.1, 0.15) is 19.8 Å². The van der Waals surface area contributed by atoms with E-state index >= 15 is 0 Å². The molecule has 2 N–H and O–H groups in total. The standard InChI is InChI=1S/C14H17N3O3S/c1-2-17(10-4-5-10)13(18)8-21(19)14-16-11-7-9(15)3-6-12(11)20-14/h3,6-7,10H,2,4-5,8,15H2,1H3. The first-order valence-electron chi connectivity index (χ1n) is 6.92. The van der Waals surface area contributed by atoms with E-state index in [9.17, 15) is 9.00 Å². The van der Waals surface area contributed by atoms with Gasteiger partial charge < -0.3 is 15.1 Å². The van der Waals surface area contributed by atoms with Gasteiger partial charge in [0.1, 0.15) is 22.1 Å². The maximum Gasteiger partial charge on any atom is 0.288 e. The van der Waals surface area contributed by atoms with E-state index in [1.54, 1.807) is 23.1 Å². The number of anilines is 1. The van der Waals surface area contributed by atoms with Gasteiger partial charge in [-0.15, -0.1) is 0 Å². The van der Waals surface area contributed by atoms with Gasteiger partial charge in [-0.3, -0.25) is 4.79 Å². The molecule has 21 heavy (non-hydrogen) atoms. The molecule has 1 aliphatic rings. The summed E-state index contributed by atoms with van der Waals surface area (Å²) in [6.45, 7) is 2.58. The number of oxazole rings is 1. The molecule has 1 unspecified atom stereocenters. The Morgan fingerprint density at radius 1 is 1.52 bits per heavy atom. The van der Waals surface area contributed by atoms with Crippen molar-refractivity contribution in [2.45, 2.75) is 31.0 Å². The molecule has 1 aliphatic carbocycles. The number of hydrogen-bond donors (Lipinski definition) is 1. The first kappa shape index (κ1) is 14.1. The van der Waals surface area contributed by atoms with Gasteiger partial charge in [-0.1, -0.05) is 0 Å². The summed E-state index contributed by atoms with van der Waals surface area (Å²) in [5, 5.41) is 0.0794. The van der Waals surface area contributed by atoms with Crippen LogP contribution in [0.15, 0.2) is 27.8 Å². The zero-order valence-corrected chi connectivity index (χ0v) is 12.6. The highest BCUT2D eigenvalue weighted by Crippen LogP contribution is 2.27. The van der Waals surface area contributed by atoms with Crippen molar-refractivity contribution in [3.63, 3.8) is 0 Å². The van der Waals surface area contributed by atoms with E-state index in [0.29, 0.717) is 29.4 Å². The second-order valence-corrected chi connectivity index (χ2v) is 6.44. The fourth-order valence-corrected chi connectivity index (χ4v) is 3.20. The number of nitrogen functional groups attached to an aromatic ring is 1. The molecule has 7 heteroatoms. The molecule has 0 radical (unpaired) electrons. The zero-order valence-electron chi connectivity index (χ0n) is 11.7. The number of fused-ring (bicyclic) bond motifs is 1. The number of benzene rings is 1. The molecule has 1 aromatic carbocycles. The summed E-state index contributed by atoms with van der Waals surface area (Å²) in [6.07, 6.45) is 2.07. The summed E-state index contributed by atoms with van der Waals surface area (Å²) >= 11 is 0. The van der Waals surface area contributed by atoms with E-state index in [-0.39, 0.29) is 16.9 Å². The maximum absolute atomic E-state index is 12.2. The molecule has 1 atom stereocenters. The molecule has 0 bridgehead atoms. The number of nitrogens with zero attached hydrogens (tertiary/aromatic N) is 2. The largest absolute Gasteiger partial charge is 0.430 e. The van der Waals surface area contributed by atoms with E-state index in [1.165, 1.54) is 0 Å². The lowest BCUT2D eigenvalue weighted by atomic mass is 10.3. The minimum Gasteiger partial charge on any atom is -0.430 e. The van der Waals surface area contributed by atoms with E-state index in [2.05, 4.69) is 4.98 Å². The molecule has 0 saturated heterocycles. The van der Waals surface area contributed by atoms with Gasteiger partial charge in [-0.25, -0.2) is 9.19 Å². The van der Waals surface area contributed by atoms with Gasteiger partial charge in [0, 0.05) is 18.3 Å². The Labute approximate surface area is 124 Å². The highest BCUT2D eigenvalue weighted by molar-refractivity contribution is 7.85. The SMILES string of the molecule is CCN(C(=O)CS(=O)c1nc2cc(N)ccc2o1)C1CC1. The lowest BCUT2D eigenvalue weighted by Gasteiger charge is -2.19. The molecule has 0 aliphatic heterocycles. The third-order valence-corrected chi connectivity index (χ3v) is 4.56. The van der Waals surface area contributed by atoms with Crippen LogP contribution in [0, 0.1) is 0 Å². The van der Waals surface area contributed by atoms with Crippen LogP contribution in [0.25, 0.3) is 11.1 Å². The molecular weight excluding hydrogens is 290 g/mol. The second-order valence-electron chi connectivity index (χ2n) is 5.11. The average Bonchev–Trinajstić information content (AvgIpc) is 3.17. The third-order valence-electron chi connectivity index (χ3n) is 3.49. The zero-order chi connectivity index (χ0) is 15.0. The summed E-state index contributed by atoms with van der Waals surface area (Å²) in [4.78, 5) is 18.1. The second kappa shape index (κ2) is 5.48. The molecule has 1 heterocycles. The number of nitrogens with two attached hydrogens (primary N) is 1. The van der Waals surface area contributed by atoms with Crippen molar-refractivity contribution in [2.75, 3.05) is 18.0 Å². The number of amides is 1. The minimum atomic E-state index is -1.57. The van der Waals surface area contributed by atoms with Crippen LogP contribution in [0.4, 0.5) is 5.69 Å². The number of rotatable bonds is 5. The molecular formula is C14H17N3O3S. The van der Waals surface area contributed by atoms with Crippen molar-refractivity contribution in [1.29, 1.82) is 0 Å². The Balaban J connectivity index is 1.75. The minimum absolute atomic E-state index is 0.0794. The summed E-state index contributed by atoms with van der Waals surface area (Å²) in [7, 11) is -1.57. The van der Waals surface area contributed by atoms with Crippen LogP contribution in [-0.2, 0) is 15.6 Å². The van der Waals surface area contributed by atoms with Gasteiger partial charge in [0.25, 0.3) is 5.22 Å². The first-order valence-corrected chi connectivity index (χ1v) is 8.24. The van der Waals surface area contributed by atoms with E-state index in [0.717, 1.165) is 12.8 Å². The molecule has 2 aromatic rings. The van der Waals surface area contributed by atoms with Crippen molar-refractivity contribution >= 4 is 33.5 Å². The van der Waals surface area contributed by atoms with Crippen LogP contribution in [0.5, 0.6) is 0 Å². The molecule has 1 amide bonds. The van der Waals surface area contributed by atoms with Crippen molar-refractivity contribution in [3.05, 3.63) is 18.2 Å². The van der Waals surface area contributed by atoms with E-state index in [4.69, 9.17) is 10.2 Å². The number of carbonyl (C=O) groups is 1. The van der Waals surface area contributed by atoms with Gasteiger partial charge in [-0.05, 0) is 38.0 Å². The maximum atomic E-state index is 12.2. The van der Waals surface area contributed by atoms with Crippen molar-refractivity contribution < 1.29 is 13.4 Å². The molecule has 112 valence electrons. The predicted octanol–water partition coefficient (Wildman–Crippen LogP) is 1.53. The summed E-state index contributed by atoms with van der Waals surface area (Å²) in [5.41, 5.74) is 7.31. The quantitative estimate of drug-likeness (QED) is 0.846. The van der Waals surface area contributed by atoms with E-state index < -0.39 is 10.8 Å². The summed E-state index contributed by atoms with van der Waals surface area (Å²) in [5.74, 6) is -0.202. The van der Waals surface area contributed by atoms with Crippen LogP contribution in [0.3, 0.4) is 0 Å². The Kier molecular flexibility index (Phi) is 3.67. The van der Waals surface area contributed by atoms with Crippen LogP contribution >= 0.6 is 0 Å². The number of carbonyl (C=O) groups excluding carboxylic acids is 1. The Hall–Kier alpha value is -1.89. The molecule has 0 spiro atoms. The summed E-state index contributed by atoms with van der Waals surface area (Å²) < 4.78 is 17.7.